The molecule has 0 saturated carbocycles. The first-order chi connectivity index (χ1) is 17.0. The summed E-state index contributed by atoms with van der Waals surface area (Å²) in [5, 5.41) is 0. The molecule has 4 rings (SSSR count). The van der Waals surface area contributed by atoms with Crippen LogP contribution >= 0.6 is 12.4 Å². The van der Waals surface area contributed by atoms with Crippen molar-refractivity contribution in [1.82, 2.24) is 14.2 Å². The summed E-state index contributed by atoms with van der Waals surface area (Å²) >= 11 is 0. The van der Waals surface area contributed by atoms with E-state index >= 15 is 0 Å². The van der Waals surface area contributed by atoms with Crippen molar-refractivity contribution in [2.75, 3.05) is 43.4 Å². The van der Waals surface area contributed by atoms with Gasteiger partial charge in [-0.05, 0) is 50.1 Å². The van der Waals surface area contributed by atoms with E-state index in [-0.39, 0.29) is 49.7 Å². The summed E-state index contributed by atoms with van der Waals surface area (Å²) in [5.74, 6) is 0.417. The number of aromatic nitrogens is 1. The lowest BCUT2D eigenvalue weighted by Crippen LogP contribution is -2.55. The molecule has 202 valence electrons. The zero-order valence-electron chi connectivity index (χ0n) is 20.6. The molecule has 1 amide bonds. The van der Waals surface area contributed by atoms with Crippen LogP contribution in [-0.2, 0) is 16.2 Å². The molecule has 2 aromatic rings. The Hall–Kier alpha value is -2.63. The van der Waals surface area contributed by atoms with Gasteiger partial charge < -0.3 is 9.80 Å². The van der Waals surface area contributed by atoms with Crippen LogP contribution in [0.15, 0.2) is 42.5 Å². The highest BCUT2D eigenvalue weighted by Gasteiger charge is 2.34. The van der Waals surface area contributed by atoms with E-state index in [1.165, 1.54) is 28.6 Å². The Morgan fingerprint density at radius 1 is 1.08 bits per heavy atom. The summed E-state index contributed by atoms with van der Waals surface area (Å²) in [5.41, 5.74) is 0.889. The van der Waals surface area contributed by atoms with Gasteiger partial charge >= 0.3 is 6.18 Å². The number of pyridine rings is 1. The fraction of sp³-hybridized carbons (Fsp3) is 0.440. The number of hydrogen-bond acceptors (Lipinski definition) is 5. The first kappa shape index (κ1) is 28.9. The third-order valence-corrected chi connectivity index (χ3v) is 8.31. The van der Waals surface area contributed by atoms with Crippen molar-refractivity contribution >= 4 is 40.2 Å². The minimum atomic E-state index is -4.42. The highest BCUT2D eigenvalue weighted by atomic mass is 35.5. The molecule has 2 aliphatic rings. The molecule has 2 fully saturated rings. The van der Waals surface area contributed by atoms with E-state index in [1.807, 2.05) is 19.9 Å². The predicted octanol–water partition coefficient (Wildman–Crippen LogP) is 4.23. The molecule has 3 heterocycles. The van der Waals surface area contributed by atoms with E-state index in [2.05, 4.69) is 9.88 Å². The number of amides is 1. The number of sulfonamides is 1. The molecular formula is C25H30ClF3N4O3S. The summed E-state index contributed by atoms with van der Waals surface area (Å²) < 4.78 is 65.1. The van der Waals surface area contributed by atoms with Gasteiger partial charge in [-0.25, -0.2) is 13.4 Å². The number of rotatable bonds is 6. The third kappa shape index (κ3) is 6.63. The molecule has 0 N–H and O–H groups in total. The van der Waals surface area contributed by atoms with E-state index < -0.39 is 21.8 Å². The number of piperazine rings is 1. The molecule has 0 radical (unpaired) electrons. The van der Waals surface area contributed by atoms with Gasteiger partial charge in [0.2, 0.25) is 10.0 Å². The maximum Gasteiger partial charge on any atom is 0.416 e. The van der Waals surface area contributed by atoms with E-state index in [9.17, 15) is 26.4 Å². The quantitative estimate of drug-likeness (QED) is 0.530. The van der Waals surface area contributed by atoms with Crippen molar-refractivity contribution in [3.8, 4) is 0 Å². The normalized spacial score (nSPS) is 19.0. The standard InChI is InChI=1S/C25H29F3N4O3S.ClH/c1-18-17-31(36(34,35)16-3-5-20-6-8-21(9-7-20)25(26,27)28)14-15-32(18)24(33)22-10-11-23(29-19(22)2)30-12-4-13-30;/h3,5-11,18H,4,12-17H2,1-2H3;1H. The number of nitrogens with zero attached hydrogens (tertiary/aromatic N) is 4. The van der Waals surface area contributed by atoms with Gasteiger partial charge in [-0.3, -0.25) is 4.79 Å². The second kappa shape index (κ2) is 11.4. The second-order valence-corrected chi connectivity index (χ2v) is 11.2. The van der Waals surface area contributed by atoms with Crippen molar-refractivity contribution in [2.45, 2.75) is 32.5 Å². The molecule has 2 aliphatic heterocycles. The number of benzene rings is 1. The van der Waals surface area contributed by atoms with Gasteiger partial charge in [0.15, 0.2) is 0 Å². The Labute approximate surface area is 221 Å². The van der Waals surface area contributed by atoms with Crippen molar-refractivity contribution in [1.29, 1.82) is 0 Å². The van der Waals surface area contributed by atoms with Crippen LogP contribution in [-0.4, -0.2) is 73.0 Å². The molecule has 2 saturated heterocycles. The molecule has 1 unspecified atom stereocenters. The number of carbonyl (C=O) groups is 1. The third-order valence-electron chi connectivity index (χ3n) is 6.58. The van der Waals surface area contributed by atoms with Gasteiger partial charge in [-0.1, -0.05) is 24.3 Å². The van der Waals surface area contributed by atoms with E-state index in [0.717, 1.165) is 37.5 Å². The van der Waals surface area contributed by atoms with Crippen LogP contribution in [0.25, 0.3) is 6.08 Å². The molecule has 1 aromatic heterocycles. The van der Waals surface area contributed by atoms with Gasteiger partial charge in [0, 0.05) is 38.8 Å². The Morgan fingerprint density at radius 3 is 2.30 bits per heavy atom. The van der Waals surface area contributed by atoms with E-state index in [1.54, 1.807) is 11.0 Å². The van der Waals surface area contributed by atoms with Crippen LogP contribution in [0.3, 0.4) is 0 Å². The van der Waals surface area contributed by atoms with Crippen LogP contribution in [0.4, 0.5) is 19.0 Å². The molecule has 0 spiro atoms. The number of hydrogen-bond donors (Lipinski definition) is 0. The molecule has 0 aliphatic carbocycles. The Kier molecular flexibility index (Phi) is 8.92. The largest absolute Gasteiger partial charge is 0.416 e. The second-order valence-electron chi connectivity index (χ2n) is 9.15. The van der Waals surface area contributed by atoms with Gasteiger partial charge in [0.05, 0.1) is 22.6 Å². The van der Waals surface area contributed by atoms with Crippen molar-refractivity contribution in [3.05, 3.63) is 64.9 Å². The number of halogens is 4. The molecule has 0 bridgehead atoms. The number of alkyl halides is 3. The summed E-state index contributed by atoms with van der Waals surface area (Å²) in [6, 6.07) is 7.84. The van der Waals surface area contributed by atoms with Crippen LogP contribution in [0.5, 0.6) is 0 Å². The lowest BCUT2D eigenvalue weighted by Gasteiger charge is -2.39. The maximum absolute atomic E-state index is 13.2. The fourth-order valence-electron chi connectivity index (χ4n) is 4.32. The average molecular weight is 559 g/mol. The van der Waals surface area contributed by atoms with Gasteiger partial charge in [-0.2, -0.15) is 17.5 Å². The Bertz CT molecular complexity index is 1250. The van der Waals surface area contributed by atoms with E-state index in [0.29, 0.717) is 16.8 Å². The molecule has 12 heteroatoms. The maximum atomic E-state index is 13.2. The number of anilines is 1. The molecule has 1 aromatic carbocycles. The zero-order valence-corrected chi connectivity index (χ0v) is 22.2. The highest BCUT2D eigenvalue weighted by Crippen LogP contribution is 2.29. The first-order valence-electron chi connectivity index (χ1n) is 11.8. The smallest absolute Gasteiger partial charge is 0.356 e. The SMILES string of the molecule is Cc1nc(N2CCC2)ccc1C(=O)N1CCN(S(=O)(=O)CC=Cc2ccc(C(F)(F)F)cc2)CC1C.Cl. The first-order valence-corrected chi connectivity index (χ1v) is 13.4. The molecule has 37 heavy (non-hydrogen) atoms. The average Bonchev–Trinajstić information content (AvgIpc) is 2.77. The summed E-state index contributed by atoms with van der Waals surface area (Å²) in [6.45, 7) is 6.15. The van der Waals surface area contributed by atoms with Gasteiger partial charge in [-0.15, -0.1) is 12.4 Å². The summed E-state index contributed by atoms with van der Waals surface area (Å²) in [4.78, 5) is 21.6. The summed E-state index contributed by atoms with van der Waals surface area (Å²) in [6.07, 6.45) is -0.370. The zero-order chi connectivity index (χ0) is 26.1. The Morgan fingerprint density at radius 2 is 1.76 bits per heavy atom. The van der Waals surface area contributed by atoms with Crippen LogP contribution in [0, 0.1) is 6.92 Å². The number of carbonyl (C=O) groups excluding carboxylic acids is 1. The lowest BCUT2D eigenvalue weighted by molar-refractivity contribution is -0.137. The van der Waals surface area contributed by atoms with E-state index in [4.69, 9.17) is 0 Å². The monoisotopic (exact) mass is 558 g/mol. The molecule has 7 nitrogen and oxygen atoms in total. The minimum absolute atomic E-state index is 0. The van der Waals surface area contributed by atoms with Crippen molar-refractivity contribution < 1.29 is 26.4 Å². The van der Waals surface area contributed by atoms with Gasteiger partial charge in [0.1, 0.15) is 5.82 Å². The fourth-order valence-corrected chi connectivity index (χ4v) is 5.68. The summed E-state index contributed by atoms with van der Waals surface area (Å²) in [7, 11) is -3.64. The van der Waals surface area contributed by atoms with Crippen molar-refractivity contribution in [3.63, 3.8) is 0 Å². The van der Waals surface area contributed by atoms with Gasteiger partial charge in [0.25, 0.3) is 5.91 Å². The van der Waals surface area contributed by atoms with Crippen LogP contribution in [0.1, 0.15) is 40.5 Å². The van der Waals surface area contributed by atoms with Crippen molar-refractivity contribution in [2.24, 2.45) is 0 Å². The van der Waals surface area contributed by atoms with Crippen LogP contribution in [0.2, 0.25) is 0 Å². The highest BCUT2D eigenvalue weighted by molar-refractivity contribution is 7.89. The minimum Gasteiger partial charge on any atom is -0.356 e. The lowest BCUT2D eigenvalue weighted by atomic mass is 10.1. The predicted molar refractivity (Wildman–Crippen MR) is 139 cm³/mol. The number of aryl methyl sites for hydroxylation is 1. The topological polar surface area (TPSA) is 73.8 Å². The van der Waals surface area contributed by atoms with Crippen LogP contribution < -0.4 is 4.90 Å². The Balaban J connectivity index is 0.00000380. The molecular weight excluding hydrogens is 529 g/mol. The molecule has 1 atom stereocenters.